The SMILES string of the molecule is C[C@H](CO[Si](c1ccccc1)(c1ccccc1)C(C)(C)C)Cn1c(C#N)c(CC#N)c2ccc(Br)cc21. The number of nitrogens with zero attached hydrogens (tertiary/aromatic N) is 3. The molecule has 0 saturated heterocycles. The van der Waals surface area contributed by atoms with Gasteiger partial charge >= 0.3 is 0 Å². The Bertz CT molecular complexity index is 1420. The quantitative estimate of drug-likeness (QED) is 0.226. The molecule has 1 heterocycles. The summed E-state index contributed by atoms with van der Waals surface area (Å²) in [5.41, 5.74) is 2.33. The Morgan fingerprint density at radius 2 is 1.54 bits per heavy atom. The molecule has 4 rings (SSSR count). The summed E-state index contributed by atoms with van der Waals surface area (Å²) >= 11 is 3.58. The first-order valence-electron chi connectivity index (χ1n) is 12.6. The highest BCUT2D eigenvalue weighted by atomic mass is 79.9. The highest BCUT2D eigenvalue weighted by Crippen LogP contribution is 2.37. The van der Waals surface area contributed by atoms with Crippen LogP contribution in [0.4, 0.5) is 0 Å². The van der Waals surface area contributed by atoms with Crippen LogP contribution in [0.15, 0.2) is 83.3 Å². The minimum Gasteiger partial charge on any atom is -0.407 e. The van der Waals surface area contributed by atoms with Crippen LogP contribution in [-0.2, 0) is 17.4 Å². The lowest BCUT2D eigenvalue weighted by atomic mass is 10.1. The van der Waals surface area contributed by atoms with Crippen molar-refractivity contribution in [1.82, 2.24) is 4.57 Å². The maximum absolute atomic E-state index is 10.1. The van der Waals surface area contributed by atoms with Crippen molar-refractivity contribution in [2.45, 2.75) is 45.7 Å². The van der Waals surface area contributed by atoms with E-state index in [-0.39, 0.29) is 17.4 Å². The summed E-state index contributed by atoms with van der Waals surface area (Å²) in [4.78, 5) is 0. The maximum Gasteiger partial charge on any atom is 0.261 e. The number of halogens is 1. The molecule has 0 unspecified atom stereocenters. The molecule has 0 fully saturated rings. The van der Waals surface area contributed by atoms with Gasteiger partial charge in [0.15, 0.2) is 0 Å². The first-order valence-corrected chi connectivity index (χ1v) is 15.3. The van der Waals surface area contributed by atoms with E-state index in [4.69, 9.17) is 4.43 Å². The highest BCUT2D eigenvalue weighted by molar-refractivity contribution is 9.10. The van der Waals surface area contributed by atoms with Crippen molar-refractivity contribution in [3.8, 4) is 12.1 Å². The van der Waals surface area contributed by atoms with Crippen LogP contribution in [0, 0.1) is 28.6 Å². The Morgan fingerprint density at radius 3 is 2.05 bits per heavy atom. The van der Waals surface area contributed by atoms with Gasteiger partial charge in [-0.2, -0.15) is 10.5 Å². The standard InChI is InChI=1S/C31H32BrN3OSi/c1-23(21-35-29-19-24(32)15-16-27(29)28(17-18-33)30(35)20-34)22-36-37(31(2,3)4,25-11-7-5-8-12-25)26-13-9-6-10-14-26/h5-16,19,23H,17,21-22H2,1-4H3/t23-/m0/s1. The summed E-state index contributed by atoms with van der Waals surface area (Å²) in [6.07, 6.45) is 0.209. The molecular weight excluding hydrogens is 538 g/mol. The van der Waals surface area contributed by atoms with Crippen molar-refractivity contribution in [3.63, 3.8) is 0 Å². The van der Waals surface area contributed by atoms with E-state index in [9.17, 15) is 10.5 Å². The van der Waals surface area contributed by atoms with Crippen LogP contribution in [0.5, 0.6) is 0 Å². The second kappa shape index (κ2) is 11.1. The fourth-order valence-electron chi connectivity index (χ4n) is 5.36. The summed E-state index contributed by atoms with van der Waals surface area (Å²) in [6, 6.07) is 31.9. The molecule has 0 spiro atoms. The van der Waals surface area contributed by atoms with Gasteiger partial charge in [-0.25, -0.2) is 0 Å². The first-order chi connectivity index (χ1) is 17.7. The molecule has 6 heteroatoms. The smallest absolute Gasteiger partial charge is 0.261 e. The molecule has 0 N–H and O–H groups in total. The fourth-order valence-corrected chi connectivity index (χ4v) is 10.4. The van der Waals surface area contributed by atoms with Crippen molar-refractivity contribution in [2.75, 3.05) is 6.61 Å². The number of hydrogen-bond acceptors (Lipinski definition) is 3. The number of rotatable bonds is 8. The summed E-state index contributed by atoms with van der Waals surface area (Å²) in [5.74, 6) is 0.137. The fraction of sp³-hybridized carbons (Fsp3) is 0.290. The number of fused-ring (bicyclic) bond motifs is 1. The molecule has 37 heavy (non-hydrogen) atoms. The Hall–Kier alpha value is -3.16. The van der Waals surface area contributed by atoms with Crippen LogP contribution in [0.1, 0.15) is 39.0 Å². The van der Waals surface area contributed by atoms with E-state index < -0.39 is 8.32 Å². The van der Waals surface area contributed by atoms with E-state index in [0.29, 0.717) is 18.8 Å². The number of nitriles is 2. The Labute approximate surface area is 229 Å². The molecular formula is C31H32BrN3OSi. The number of aromatic nitrogens is 1. The molecule has 3 aromatic carbocycles. The second-order valence-electron chi connectivity index (χ2n) is 10.6. The van der Waals surface area contributed by atoms with E-state index in [0.717, 1.165) is 20.9 Å². The lowest BCUT2D eigenvalue weighted by molar-refractivity contribution is 0.232. The van der Waals surface area contributed by atoms with Crippen LogP contribution in [0.25, 0.3) is 10.9 Å². The van der Waals surface area contributed by atoms with Crippen molar-refractivity contribution >= 4 is 45.5 Å². The average Bonchev–Trinajstić information content (AvgIpc) is 3.16. The lowest BCUT2D eigenvalue weighted by Crippen LogP contribution is -2.66. The molecule has 188 valence electrons. The average molecular weight is 571 g/mol. The Balaban J connectivity index is 1.73. The van der Waals surface area contributed by atoms with Crippen molar-refractivity contribution in [1.29, 1.82) is 10.5 Å². The molecule has 0 aliphatic carbocycles. The number of hydrogen-bond donors (Lipinski definition) is 0. The molecule has 0 saturated carbocycles. The van der Waals surface area contributed by atoms with Gasteiger partial charge in [-0.1, -0.05) is 110 Å². The molecule has 4 nitrogen and oxygen atoms in total. The van der Waals surface area contributed by atoms with Gasteiger partial charge in [0.05, 0.1) is 18.0 Å². The first kappa shape index (κ1) is 26.9. The van der Waals surface area contributed by atoms with Gasteiger partial charge in [0, 0.05) is 28.6 Å². The van der Waals surface area contributed by atoms with Gasteiger partial charge in [0.2, 0.25) is 0 Å². The van der Waals surface area contributed by atoms with Gasteiger partial charge in [0.25, 0.3) is 8.32 Å². The molecule has 0 aliphatic heterocycles. The lowest BCUT2D eigenvalue weighted by Gasteiger charge is -2.43. The zero-order chi connectivity index (χ0) is 26.6. The summed E-state index contributed by atoms with van der Waals surface area (Å²) in [7, 11) is -2.65. The third-order valence-electron chi connectivity index (χ3n) is 6.99. The zero-order valence-electron chi connectivity index (χ0n) is 21.8. The van der Waals surface area contributed by atoms with Crippen LogP contribution < -0.4 is 10.4 Å². The van der Waals surface area contributed by atoms with Gasteiger partial charge < -0.3 is 8.99 Å². The highest BCUT2D eigenvalue weighted by Gasteiger charge is 2.50. The predicted molar refractivity (Wildman–Crippen MR) is 156 cm³/mol. The third kappa shape index (κ3) is 5.15. The summed E-state index contributed by atoms with van der Waals surface area (Å²) in [6.45, 7) is 10.2. The van der Waals surface area contributed by atoms with Crippen molar-refractivity contribution < 1.29 is 4.43 Å². The van der Waals surface area contributed by atoms with Gasteiger partial charge in [-0.3, -0.25) is 0 Å². The van der Waals surface area contributed by atoms with E-state index >= 15 is 0 Å². The minimum atomic E-state index is -2.65. The van der Waals surface area contributed by atoms with Gasteiger partial charge in [-0.15, -0.1) is 0 Å². The van der Waals surface area contributed by atoms with Crippen LogP contribution in [0.3, 0.4) is 0 Å². The summed E-state index contributed by atoms with van der Waals surface area (Å²) in [5, 5.41) is 22.8. The Kier molecular flexibility index (Phi) is 8.04. The van der Waals surface area contributed by atoms with Crippen molar-refractivity contribution in [2.24, 2.45) is 5.92 Å². The molecule has 0 amide bonds. The minimum absolute atomic E-state index is 0.0990. The number of benzene rings is 3. The van der Waals surface area contributed by atoms with Crippen LogP contribution in [-0.4, -0.2) is 19.5 Å². The zero-order valence-corrected chi connectivity index (χ0v) is 24.4. The van der Waals surface area contributed by atoms with Crippen LogP contribution >= 0.6 is 15.9 Å². The van der Waals surface area contributed by atoms with E-state index in [1.807, 2.05) is 18.2 Å². The monoisotopic (exact) mass is 569 g/mol. The molecule has 4 aromatic rings. The van der Waals surface area contributed by atoms with E-state index in [1.54, 1.807) is 0 Å². The molecule has 1 atom stereocenters. The van der Waals surface area contributed by atoms with Gasteiger partial charge in [-0.05, 0) is 33.5 Å². The second-order valence-corrected chi connectivity index (χ2v) is 15.8. The summed E-state index contributed by atoms with van der Waals surface area (Å²) < 4.78 is 10.2. The van der Waals surface area contributed by atoms with Gasteiger partial charge in [0.1, 0.15) is 11.8 Å². The van der Waals surface area contributed by atoms with Crippen molar-refractivity contribution in [3.05, 3.63) is 94.6 Å². The van der Waals surface area contributed by atoms with Crippen LogP contribution in [0.2, 0.25) is 5.04 Å². The Morgan fingerprint density at radius 1 is 0.946 bits per heavy atom. The third-order valence-corrected chi connectivity index (χ3v) is 12.5. The largest absolute Gasteiger partial charge is 0.407 e. The maximum atomic E-state index is 10.1. The van der Waals surface area contributed by atoms with E-state index in [2.05, 4.69) is 121 Å². The topological polar surface area (TPSA) is 61.7 Å². The normalized spacial score (nSPS) is 12.7. The molecule has 0 aliphatic rings. The molecule has 0 radical (unpaired) electrons. The molecule has 1 aromatic heterocycles. The van der Waals surface area contributed by atoms with E-state index in [1.165, 1.54) is 10.4 Å². The predicted octanol–water partition coefficient (Wildman–Crippen LogP) is 6.55. The molecule has 0 bridgehead atoms.